The molecule has 2 aliphatic rings. The standard InChI is InChI=1S/C12H10O3/c13-11-9-6-5-7-3-1-2-4-8(7)10(9)12(14)15-11/h5-6H,1-4H2. The highest BCUT2D eigenvalue weighted by atomic mass is 16.6. The van der Waals surface area contributed by atoms with Gasteiger partial charge in [-0.3, -0.25) is 0 Å². The summed E-state index contributed by atoms with van der Waals surface area (Å²) in [6, 6.07) is 3.67. The molecular weight excluding hydrogens is 192 g/mol. The van der Waals surface area contributed by atoms with Crippen LogP contribution in [0.3, 0.4) is 0 Å². The molecule has 0 atom stereocenters. The van der Waals surface area contributed by atoms with Gasteiger partial charge in [-0.25, -0.2) is 9.59 Å². The number of esters is 2. The van der Waals surface area contributed by atoms with E-state index < -0.39 is 11.9 Å². The second-order valence-corrected chi connectivity index (χ2v) is 4.01. The molecule has 0 saturated heterocycles. The number of hydrogen-bond donors (Lipinski definition) is 0. The van der Waals surface area contributed by atoms with E-state index in [9.17, 15) is 9.59 Å². The number of hydrogen-bond acceptors (Lipinski definition) is 3. The number of aryl methyl sites for hydroxylation is 1. The van der Waals surface area contributed by atoms with Crippen molar-refractivity contribution in [3.8, 4) is 0 Å². The van der Waals surface area contributed by atoms with Crippen LogP contribution in [-0.2, 0) is 17.6 Å². The van der Waals surface area contributed by atoms with Crippen molar-refractivity contribution >= 4 is 11.9 Å². The van der Waals surface area contributed by atoms with Crippen molar-refractivity contribution in [2.24, 2.45) is 0 Å². The van der Waals surface area contributed by atoms with Crippen molar-refractivity contribution in [1.29, 1.82) is 0 Å². The lowest BCUT2D eigenvalue weighted by molar-refractivity contribution is 0.0443. The summed E-state index contributed by atoms with van der Waals surface area (Å²) >= 11 is 0. The fourth-order valence-corrected chi connectivity index (χ4v) is 2.42. The molecule has 1 aliphatic carbocycles. The van der Waals surface area contributed by atoms with Crippen LogP contribution >= 0.6 is 0 Å². The average molecular weight is 202 g/mol. The van der Waals surface area contributed by atoms with Crippen molar-refractivity contribution in [2.45, 2.75) is 25.7 Å². The number of rotatable bonds is 0. The summed E-state index contributed by atoms with van der Waals surface area (Å²) in [4.78, 5) is 22.8. The quantitative estimate of drug-likeness (QED) is 0.476. The zero-order valence-electron chi connectivity index (χ0n) is 8.21. The van der Waals surface area contributed by atoms with Gasteiger partial charge in [0.15, 0.2) is 0 Å². The third-order valence-electron chi connectivity index (χ3n) is 3.14. The Bertz CT molecular complexity index is 474. The van der Waals surface area contributed by atoms with Crippen molar-refractivity contribution in [3.63, 3.8) is 0 Å². The summed E-state index contributed by atoms with van der Waals surface area (Å²) in [5.74, 6) is -0.961. The first-order valence-electron chi connectivity index (χ1n) is 5.18. The third-order valence-corrected chi connectivity index (χ3v) is 3.14. The number of carbonyl (C=O) groups is 2. The van der Waals surface area contributed by atoms with Gasteiger partial charge in [-0.15, -0.1) is 0 Å². The van der Waals surface area contributed by atoms with Crippen LogP contribution in [0.2, 0.25) is 0 Å². The number of fused-ring (bicyclic) bond motifs is 3. The van der Waals surface area contributed by atoms with Crippen LogP contribution in [0.4, 0.5) is 0 Å². The predicted octanol–water partition coefficient (Wildman–Crippen LogP) is 1.88. The first kappa shape index (κ1) is 8.65. The molecule has 0 N–H and O–H groups in total. The highest BCUT2D eigenvalue weighted by Gasteiger charge is 2.33. The molecule has 15 heavy (non-hydrogen) atoms. The summed E-state index contributed by atoms with van der Waals surface area (Å²) in [5.41, 5.74) is 3.21. The molecule has 1 aromatic rings. The lowest BCUT2D eigenvalue weighted by atomic mass is 9.86. The topological polar surface area (TPSA) is 43.4 Å². The maximum absolute atomic E-state index is 11.5. The Hall–Kier alpha value is -1.64. The number of ether oxygens (including phenoxy) is 1. The molecule has 1 heterocycles. The lowest BCUT2D eigenvalue weighted by Crippen LogP contribution is -2.09. The third kappa shape index (κ3) is 1.12. The fraction of sp³-hybridized carbons (Fsp3) is 0.333. The largest absolute Gasteiger partial charge is 0.386 e. The van der Waals surface area contributed by atoms with Crippen LogP contribution in [0.15, 0.2) is 12.1 Å². The number of benzene rings is 1. The van der Waals surface area contributed by atoms with Gasteiger partial charge in [-0.1, -0.05) is 6.07 Å². The highest BCUT2D eigenvalue weighted by Crippen LogP contribution is 2.31. The molecule has 0 spiro atoms. The molecule has 1 aliphatic heterocycles. The van der Waals surface area contributed by atoms with E-state index in [0.717, 1.165) is 31.2 Å². The van der Waals surface area contributed by atoms with Crippen LogP contribution in [0.25, 0.3) is 0 Å². The van der Waals surface area contributed by atoms with Crippen LogP contribution in [0.5, 0.6) is 0 Å². The van der Waals surface area contributed by atoms with Crippen molar-refractivity contribution in [1.82, 2.24) is 0 Å². The molecule has 3 rings (SSSR count). The number of carbonyl (C=O) groups excluding carboxylic acids is 2. The number of cyclic esters (lactones) is 2. The van der Waals surface area contributed by atoms with Gasteiger partial charge in [0.1, 0.15) is 0 Å². The molecule has 0 radical (unpaired) electrons. The predicted molar refractivity (Wildman–Crippen MR) is 52.8 cm³/mol. The smallest absolute Gasteiger partial charge is 0.347 e. The van der Waals surface area contributed by atoms with E-state index in [1.807, 2.05) is 6.07 Å². The SMILES string of the molecule is O=C1OC(=O)c2c1ccc1c2CCCC1. The van der Waals surface area contributed by atoms with Crippen molar-refractivity contribution < 1.29 is 14.3 Å². The molecular formula is C12H10O3. The van der Waals surface area contributed by atoms with Gasteiger partial charge in [0.05, 0.1) is 11.1 Å². The van der Waals surface area contributed by atoms with Crippen LogP contribution in [0.1, 0.15) is 44.7 Å². The molecule has 76 valence electrons. The molecule has 0 fully saturated rings. The van der Waals surface area contributed by atoms with Crippen molar-refractivity contribution in [3.05, 3.63) is 34.4 Å². The Morgan fingerprint density at radius 2 is 1.80 bits per heavy atom. The Kier molecular flexibility index (Phi) is 1.69. The van der Waals surface area contributed by atoms with E-state index in [1.165, 1.54) is 5.56 Å². The van der Waals surface area contributed by atoms with E-state index in [0.29, 0.717) is 11.1 Å². The maximum atomic E-state index is 11.5. The summed E-state index contributed by atoms with van der Waals surface area (Å²) < 4.78 is 4.62. The van der Waals surface area contributed by atoms with Gasteiger partial charge >= 0.3 is 11.9 Å². The van der Waals surface area contributed by atoms with Gasteiger partial charge in [-0.2, -0.15) is 0 Å². The first-order valence-corrected chi connectivity index (χ1v) is 5.18. The zero-order chi connectivity index (χ0) is 10.4. The second kappa shape index (κ2) is 2.92. The highest BCUT2D eigenvalue weighted by molar-refractivity contribution is 6.15. The van der Waals surface area contributed by atoms with Crippen molar-refractivity contribution in [2.75, 3.05) is 0 Å². The Balaban J connectivity index is 2.27. The van der Waals surface area contributed by atoms with E-state index in [2.05, 4.69) is 4.74 Å². The van der Waals surface area contributed by atoms with E-state index >= 15 is 0 Å². The van der Waals surface area contributed by atoms with E-state index in [1.54, 1.807) is 6.07 Å². The van der Waals surface area contributed by atoms with Gasteiger partial charge in [0, 0.05) is 0 Å². The summed E-state index contributed by atoms with van der Waals surface area (Å²) in [7, 11) is 0. The zero-order valence-corrected chi connectivity index (χ0v) is 8.21. The lowest BCUT2D eigenvalue weighted by Gasteiger charge is -2.16. The Morgan fingerprint density at radius 3 is 2.67 bits per heavy atom. The second-order valence-electron chi connectivity index (χ2n) is 4.01. The minimum Gasteiger partial charge on any atom is -0.386 e. The molecule has 0 bridgehead atoms. The monoisotopic (exact) mass is 202 g/mol. The Labute approximate surface area is 87.0 Å². The van der Waals surface area contributed by atoms with E-state index in [4.69, 9.17) is 0 Å². The van der Waals surface area contributed by atoms with Gasteiger partial charge in [0.2, 0.25) is 0 Å². The summed E-state index contributed by atoms with van der Waals surface area (Å²) in [5, 5.41) is 0. The molecule has 0 saturated carbocycles. The molecule has 3 nitrogen and oxygen atoms in total. The molecule has 0 aromatic heterocycles. The normalized spacial score (nSPS) is 18.4. The van der Waals surface area contributed by atoms with Crippen LogP contribution in [0, 0.1) is 0 Å². The average Bonchev–Trinajstić information content (AvgIpc) is 2.55. The van der Waals surface area contributed by atoms with Gasteiger partial charge < -0.3 is 4.74 Å². The van der Waals surface area contributed by atoms with E-state index in [-0.39, 0.29) is 0 Å². The van der Waals surface area contributed by atoms with Gasteiger partial charge in [0.25, 0.3) is 0 Å². The molecule has 0 amide bonds. The maximum Gasteiger partial charge on any atom is 0.347 e. The summed E-state index contributed by atoms with van der Waals surface area (Å²) in [6.07, 6.45) is 4.14. The molecule has 1 aromatic carbocycles. The first-order chi connectivity index (χ1) is 7.27. The minimum absolute atomic E-state index is 0.445. The molecule has 3 heteroatoms. The van der Waals surface area contributed by atoms with Crippen LogP contribution < -0.4 is 0 Å². The minimum atomic E-state index is -0.497. The molecule has 0 unspecified atom stereocenters. The fourth-order valence-electron chi connectivity index (χ4n) is 2.42. The Morgan fingerprint density at radius 1 is 1.00 bits per heavy atom. The van der Waals surface area contributed by atoms with Crippen LogP contribution in [-0.4, -0.2) is 11.9 Å². The van der Waals surface area contributed by atoms with Gasteiger partial charge in [-0.05, 0) is 42.9 Å². The summed E-state index contributed by atoms with van der Waals surface area (Å²) in [6.45, 7) is 0.